The van der Waals surface area contributed by atoms with Crippen molar-refractivity contribution < 1.29 is 19.5 Å². The molecule has 1 rings (SSSR count). The van der Waals surface area contributed by atoms with E-state index in [1.54, 1.807) is 0 Å². The lowest BCUT2D eigenvalue weighted by Crippen LogP contribution is -2.33. The van der Waals surface area contributed by atoms with Gasteiger partial charge in [-0.05, 0) is 88.8 Å². The zero-order chi connectivity index (χ0) is 30.1. The number of nitrogens with zero attached hydrogens (tertiary/aromatic N) is 3. The number of ketones is 1. The maximum absolute atomic E-state index is 12.7. The number of hydrogen-bond donors (Lipinski definition) is 6. The number of carbonyl (C=O) groups excluding carboxylic acids is 3. The molecule has 0 aliphatic carbocycles. The first-order valence-electron chi connectivity index (χ1n) is 14.6. The topological polar surface area (TPSA) is 208 Å². The maximum atomic E-state index is 12.7. The van der Waals surface area contributed by atoms with Gasteiger partial charge in [-0.25, -0.2) is 0 Å². The molecule has 13 heteroatoms. The number of Topliss-reactive ketones (excluding diaryl/α,β-unsaturated/α-hetero) is 1. The van der Waals surface area contributed by atoms with Gasteiger partial charge in [-0.2, -0.15) is 11.8 Å². The monoisotopic (exact) mass is 592 g/mol. The Hall–Kier alpha value is -2.83. The number of phenols is 1. The van der Waals surface area contributed by atoms with E-state index in [0.717, 1.165) is 64.5 Å². The zero-order valence-corrected chi connectivity index (χ0v) is 24.9. The van der Waals surface area contributed by atoms with Gasteiger partial charge >= 0.3 is 0 Å². The lowest BCUT2D eigenvalue weighted by Gasteiger charge is -2.17. The van der Waals surface area contributed by atoms with Gasteiger partial charge in [0, 0.05) is 41.8 Å². The molecule has 0 spiro atoms. The fourth-order valence-electron chi connectivity index (χ4n) is 4.19. The second-order valence-electron chi connectivity index (χ2n) is 9.83. The van der Waals surface area contributed by atoms with Crippen molar-refractivity contribution in [2.75, 3.05) is 50.8 Å². The van der Waals surface area contributed by atoms with Crippen LogP contribution in [-0.2, 0) is 9.59 Å². The second kappa shape index (κ2) is 23.8. The van der Waals surface area contributed by atoms with Crippen LogP contribution in [0.3, 0.4) is 0 Å². The normalized spacial score (nSPS) is 11.5. The number of phenolic OH excluding ortho intramolecular Hbond substituents is 1. The van der Waals surface area contributed by atoms with Crippen molar-refractivity contribution in [3.63, 3.8) is 0 Å². The molecule has 230 valence electrons. The van der Waals surface area contributed by atoms with Gasteiger partial charge < -0.3 is 32.5 Å². The van der Waals surface area contributed by atoms with Crippen molar-refractivity contribution in [1.29, 1.82) is 0 Å². The van der Waals surface area contributed by atoms with E-state index in [4.69, 9.17) is 17.0 Å². The van der Waals surface area contributed by atoms with Gasteiger partial charge in [0.2, 0.25) is 11.8 Å². The van der Waals surface area contributed by atoms with Crippen molar-refractivity contribution in [3.8, 4) is 5.75 Å². The van der Waals surface area contributed by atoms with Crippen molar-refractivity contribution in [2.45, 2.75) is 64.2 Å². The number of aromatic hydroxyl groups is 1. The van der Waals surface area contributed by atoms with Crippen LogP contribution in [0.1, 0.15) is 74.6 Å². The average molecular weight is 593 g/mol. The van der Waals surface area contributed by atoms with Crippen LogP contribution in [0.4, 0.5) is 5.69 Å². The van der Waals surface area contributed by atoms with Crippen LogP contribution in [0.2, 0.25) is 0 Å². The summed E-state index contributed by atoms with van der Waals surface area (Å²) in [7, 11) is 0. The van der Waals surface area contributed by atoms with Gasteiger partial charge in [-0.15, -0.1) is 0 Å². The summed E-state index contributed by atoms with van der Waals surface area (Å²) >= 11 is 1.48. The first-order chi connectivity index (χ1) is 19.9. The molecule has 1 aromatic carbocycles. The third-order valence-corrected chi connectivity index (χ3v) is 7.42. The molecule has 8 N–H and O–H groups in total. The van der Waals surface area contributed by atoms with Crippen LogP contribution >= 0.6 is 11.8 Å². The number of unbranched alkanes of at least 4 members (excludes halogenated alkanes) is 3. The first-order valence-corrected chi connectivity index (χ1v) is 15.7. The first kappa shape index (κ1) is 36.2. The summed E-state index contributed by atoms with van der Waals surface area (Å²) in [6.07, 6.45) is 7.85. The van der Waals surface area contributed by atoms with Crippen LogP contribution in [0.15, 0.2) is 23.3 Å². The molecule has 0 fully saturated rings. The van der Waals surface area contributed by atoms with E-state index in [9.17, 15) is 19.5 Å². The number of azide groups is 1. The summed E-state index contributed by atoms with van der Waals surface area (Å²) in [5.74, 6) is 0.615. The molecular weight excluding hydrogens is 544 g/mol. The van der Waals surface area contributed by atoms with Crippen molar-refractivity contribution in [2.24, 2.45) is 22.5 Å². The summed E-state index contributed by atoms with van der Waals surface area (Å²) in [4.78, 5) is 39.7. The van der Waals surface area contributed by atoms with E-state index in [2.05, 4.69) is 26.0 Å². The molecule has 0 heterocycles. The molecular formula is C28H48N8O4S. The summed E-state index contributed by atoms with van der Waals surface area (Å²) in [5, 5.41) is 22.6. The molecule has 12 nitrogen and oxygen atoms in total. The molecule has 1 unspecified atom stereocenters. The van der Waals surface area contributed by atoms with E-state index in [-0.39, 0.29) is 46.9 Å². The highest BCUT2D eigenvalue weighted by atomic mass is 32.2. The summed E-state index contributed by atoms with van der Waals surface area (Å²) in [5.41, 5.74) is 20.0. The van der Waals surface area contributed by atoms with Crippen LogP contribution in [0.25, 0.3) is 10.4 Å². The average Bonchev–Trinajstić information content (AvgIpc) is 2.95. The SMILES string of the molecule is [N-]=[N+]=Nc1ccc(C(=O)CCCCCNC(=O)CSCCNC(=O)C(CCCCN)CCCNCCCN)c(O)c1. The number of benzene rings is 1. The highest BCUT2D eigenvalue weighted by molar-refractivity contribution is 7.99. The van der Waals surface area contributed by atoms with Gasteiger partial charge in [0.25, 0.3) is 0 Å². The fraction of sp³-hybridized carbons (Fsp3) is 0.679. The molecule has 0 aliphatic rings. The number of nitrogens with two attached hydrogens (primary N) is 2. The Morgan fingerprint density at radius 1 is 0.927 bits per heavy atom. The second-order valence-corrected chi connectivity index (χ2v) is 10.9. The molecule has 0 aromatic heterocycles. The summed E-state index contributed by atoms with van der Waals surface area (Å²) < 4.78 is 0. The number of hydrogen-bond acceptors (Lipinski definition) is 9. The lowest BCUT2D eigenvalue weighted by atomic mass is 9.95. The predicted octanol–water partition coefficient (Wildman–Crippen LogP) is 3.51. The Kier molecular flexibility index (Phi) is 21.0. The zero-order valence-electron chi connectivity index (χ0n) is 24.1. The van der Waals surface area contributed by atoms with Crippen molar-refractivity contribution in [1.82, 2.24) is 16.0 Å². The minimum absolute atomic E-state index is 0.0168. The molecule has 41 heavy (non-hydrogen) atoms. The van der Waals surface area contributed by atoms with Crippen molar-refractivity contribution >= 4 is 35.0 Å². The molecule has 0 bridgehead atoms. The summed E-state index contributed by atoms with van der Waals surface area (Å²) in [6, 6.07) is 4.21. The quantitative estimate of drug-likeness (QED) is 0.0324. The summed E-state index contributed by atoms with van der Waals surface area (Å²) in [6.45, 7) is 4.14. The number of nitrogens with one attached hydrogen (secondary N) is 3. The number of rotatable bonds is 25. The highest BCUT2D eigenvalue weighted by Crippen LogP contribution is 2.25. The molecule has 0 saturated carbocycles. The van der Waals surface area contributed by atoms with E-state index < -0.39 is 0 Å². The molecule has 0 radical (unpaired) electrons. The molecule has 0 aliphatic heterocycles. The standard InChI is InChI=1S/C28H48N8O4S/c29-13-4-3-8-22(9-6-15-32-16-7-14-30)28(40)34-18-19-41-21-27(39)33-17-5-1-2-10-25(37)24-12-11-23(35-36-31)20-26(24)38/h11-12,20,22,32,38H,1-10,13-19,21,29-30H2,(H,33,39)(H,34,40). The minimum atomic E-state index is -0.200. The van der Waals surface area contributed by atoms with Gasteiger partial charge in [-0.3, -0.25) is 14.4 Å². The van der Waals surface area contributed by atoms with Gasteiger partial charge in [0.15, 0.2) is 5.78 Å². The third-order valence-electron chi connectivity index (χ3n) is 6.46. The van der Waals surface area contributed by atoms with E-state index >= 15 is 0 Å². The largest absolute Gasteiger partial charge is 0.507 e. The van der Waals surface area contributed by atoms with Gasteiger partial charge in [0.1, 0.15) is 5.75 Å². The maximum Gasteiger partial charge on any atom is 0.229 e. The predicted molar refractivity (Wildman–Crippen MR) is 165 cm³/mol. The Morgan fingerprint density at radius 2 is 1.68 bits per heavy atom. The molecule has 0 saturated heterocycles. The van der Waals surface area contributed by atoms with Crippen LogP contribution in [0, 0.1) is 5.92 Å². The van der Waals surface area contributed by atoms with E-state index in [1.807, 2.05) is 0 Å². The molecule has 2 amide bonds. The van der Waals surface area contributed by atoms with Crippen LogP contribution < -0.4 is 27.4 Å². The lowest BCUT2D eigenvalue weighted by molar-refractivity contribution is -0.125. The Balaban J connectivity index is 2.15. The molecule has 1 aromatic rings. The number of amides is 2. The van der Waals surface area contributed by atoms with Gasteiger partial charge in [0.05, 0.1) is 11.3 Å². The van der Waals surface area contributed by atoms with Gasteiger partial charge in [-0.1, -0.05) is 24.0 Å². The Morgan fingerprint density at radius 3 is 2.41 bits per heavy atom. The highest BCUT2D eigenvalue weighted by Gasteiger charge is 2.17. The van der Waals surface area contributed by atoms with Crippen molar-refractivity contribution in [3.05, 3.63) is 34.2 Å². The number of carbonyl (C=O) groups is 3. The number of thioether (sulfide) groups is 1. The fourth-order valence-corrected chi connectivity index (χ4v) is 4.87. The smallest absolute Gasteiger partial charge is 0.229 e. The Bertz CT molecular complexity index is 959. The molecule has 1 atom stereocenters. The van der Waals surface area contributed by atoms with Crippen LogP contribution in [-0.4, -0.2) is 73.5 Å². The van der Waals surface area contributed by atoms with Crippen LogP contribution in [0.5, 0.6) is 5.75 Å². The third kappa shape index (κ3) is 17.6. The van der Waals surface area contributed by atoms with E-state index in [1.165, 1.54) is 30.0 Å². The Labute approximate surface area is 247 Å². The van der Waals surface area contributed by atoms with E-state index in [0.29, 0.717) is 44.1 Å². The minimum Gasteiger partial charge on any atom is -0.507 e.